The van der Waals surface area contributed by atoms with Crippen molar-refractivity contribution in [2.24, 2.45) is 0 Å². The van der Waals surface area contributed by atoms with E-state index < -0.39 is 0 Å². The minimum atomic E-state index is -0.197. The molecular formula is C13H19Cl2N. The Hall–Kier alpha value is -0.240. The molecule has 0 amide bonds. The second-order valence-electron chi connectivity index (χ2n) is 4.55. The van der Waals surface area contributed by atoms with Crippen molar-refractivity contribution in [1.82, 2.24) is 5.32 Å². The minimum absolute atomic E-state index is 0.197. The third-order valence-corrected chi connectivity index (χ3v) is 4.11. The molecule has 0 aliphatic rings. The van der Waals surface area contributed by atoms with Crippen LogP contribution in [0.1, 0.15) is 23.6 Å². The van der Waals surface area contributed by atoms with Gasteiger partial charge in [0.25, 0.3) is 0 Å². The Balaban J connectivity index is 2.75. The molecule has 0 atom stereocenters. The van der Waals surface area contributed by atoms with Gasteiger partial charge in [0, 0.05) is 23.8 Å². The Morgan fingerprint density at radius 3 is 2.06 bits per heavy atom. The molecule has 0 bridgehead atoms. The fraction of sp³-hybridized carbons (Fsp3) is 0.538. The van der Waals surface area contributed by atoms with Crippen LogP contribution in [0.3, 0.4) is 0 Å². The van der Waals surface area contributed by atoms with Crippen LogP contribution in [0, 0.1) is 13.8 Å². The lowest BCUT2D eigenvalue weighted by Crippen LogP contribution is -2.45. The second kappa shape index (κ2) is 5.90. The van der Waals surface area contributed by atoms with Gasteiger partial charge < -0.3 is 5.32 Å². The maximum Gasteiger partial charge on any atom is 0.0427 e. The van der Waals surface area contributed by atoms with E-state index in [1.165, 1.54) is 16.7 Å². The summed E-state index contributed by atoms with van der Waals surface area (Å²) in [5.74, 6) is 1.03. The normalized spacial score (nSPS) is 11.8. The van der Waals surface area contributed by atoms with Gasteiger partial charge in [0.1, 0.15) is 0 Å². The number of rotatable bonds is 5. The van der Waals surface area contributed by atoms with E-state index in [1.807, 2.05) is 6.92 Å². The highest BCUT2D eigenvalue weighted by Crippen LogP contribution is 2.16. The van der Waals surface area contributed by atoms with Crippen molar-refractivity contribution >= 4 is 23.2 Å². The van der Waals surface area contributed by atoms with Crippen LogP contribution >= 0.6 is 23.2 Å². The Morgan fingerprint density at radius 1 is 1.12 bits per heavy atom. The number of hydrogen-bond donors (Lipinski definition) is 1. The van der Waals surface area contributed by atoms with Crippen LogP contribution in [0.2, 0.25) is 0 Å². The molecule has 0 radical (unpaired) electrons. The Labute approximate surface area is 108 Å². The molecule has 1 nitrogen and oxygen atoms in total. The highest BCUT2D eigenvalue weighted by atomic mass is 35.5. The van der Waals surface area contributed by atoms with Crippen molar-refractivity contribution in [3.8, 4) is 0 Å². The molecule has 0 fully saturated rings. The summed E-state index contributed by atoms with van der Waals surface area (Å²) >= 11 is 11.8. The van der Waals surface area contributed by atoms with Crippen LogP contribution in [0.15, 0.2) is 18.2 Å². The van der Waals surface area contributed by atoms with Crippen molar-refractivity contribution in [2.45, 2.75) is 32.9 Å². The van der Waals surface area contributed by atoms with Gasteiger partial charge in [-0.3, -0.25) is 0 Å². The van der Waals surface area contributed by atoms with Crippen LogP contribution < -0.4 is 5.32 Å². The lowest BCUT2D eigenvalue weighted by molar-refractivity contribution is 0.434. The van der Waals surface area contributed by atoms with Crippen LogP contribution in [-0.4, -0.2) is 17.3 Å². The lowest BCUT2D eigenvalue weighted by atomic mass is 10.0. The monoisotopic (exact) mass is 259 g/mol. The standard InChI is InChI=1S/C13H19Cl2N/c1-10-5-4-6-11(2)12(10)7-16-13(3,8-14)9-15/h4-6,16H,7-9H2,1-3H3. The molecule has 3 heteroatoms. The zero-order chi connectivity index (χ0) is 12.2. The van der Waals surface area contributed by atoms with E-state index in [2.05, 4.69) is 37.4 Å². The van der Waals surface area contributed by atoms with Gasteiger partial charge >= 0.3 is 0 Å². The first-order valence-electron chi connectivity index (χ1n) is 5.44. The SMILES string of the molecule is Cc1cccc(C)c1CNC(C)(CCl)CCl. The largest absolute Gasteiger partial charge is 0.305 e. The molecule has 0 spiro atoms. The molecule has 0 aromatic heterocycles. The summed E-state index contributed by atoms with van der Waals surface area (Å²) in [5, 5.41) is 3.43. The Bertz CT molecular complexity index is 326. The maximum absolute atomic E-state index is 5.91. The van der Waals surface area contributed by atoms with Crippen molar-refractivity contribution in [3.05, 3.63) is 34.9 Å². The van der Waals surface area contributed by atoms with E-state index in [0.717, 1.165) is 6.54 Å². The van der Waals surface area contributed by atoms with Gasteiger partial charge in [-0.2, -0.15) is 0 Å². The lowest BCUT2D eigenvalue weighted by Gasteiger charge is -2.27. The third-order valence-electron chi connectivity index (χ3n) is 2.93. The summed E-state index contributed by atoms with van der Waals surface area (Å²) in [5.41, 5.74) is 3.75. The average Bonchev–Trinajstić information content (AvgIpc) is 2.28. The Kier molecular flexibility index (Phi) is 5.10. The van der Waals surface area contributed by atoms with Crippen molar-refractivity contribution in [1.29, 1.82) is 0 Å². The third kappa shape index (κ3) is 3.38. The summed E-state index contributed by atoms with van der Waals surface area (Å²) in [6.45, 7) is 7.11. The predicted octanol–water partition coefficient (Wildman–Crippen LogP) is 3.63. The molecule has 0 aliphatic heterocycles. The predicted molar refractivity (Wildman–Crippen MR) is 72.6 cm³/mol. The van der Waals surface area contributed by atoms with Crippen LogP contribution in [0.4, 0.5) is 0 Å². The van der Waals surface area contributed by atoms with Gasteiger partial charge in [-0.25, -0.2) is 0 Å². The van der Waals surface area contributed by atoms with Crippen LogP contribution in [-0.2, 0) is 6.54 Å². The molecule has 90 valence electrons. The summed E-state index contributed by atoms with van der Waals surface area (Å²) in [4.78, 5) is 0. The van der Waals surface area contributed by atoms with E-state index >= 15 is 0 Å². The number of hydrogen-bond acceptors (Lipinski definition) is 1. The zero-order valence-corrected chi connectivity index (χ0v) is 11.6. The number of benzene rings is 1. The van der Waals surface area contributed by atoms with Crippen molar-refractivity contribution < 1.29 is 0 Å². The minimum Gasteiger partial charge on any atom is -0.305 e. The molecule has 16 heavy (non-hydrogen) atoms. The molecule has 1 aromatic carbocycles. The van der Waals surface area contributed by atoms with Gasteiger partial charge in [0.2, 0.25) is 0 Å². The fourth-order valence-electron chi connectivity index (χ4n) is 1.56. The maximum atomic E-state index is 5.91. The van der Waals surface area contributed by atoms with E-state index in [9.17, 15) is 0 Å². The van der Waals surface area contributed by atoms with E-state index in [4.69, 9.17) is 23.2 Å². The fourth-order valence-corrected chi connectivity index (χ4v) is 2.03. The quantitative estimate of drug-likeness (QED) is 0.797. The van der Waals surface area contributed by atoms with Gasteiger partial charge in [0.15, 0.2) is 0 Å². The molecule has 0 heterocycles. The first kappa shape index (κ1) is 13.8. The second-order valence-corrected chi connectivity index (χ2v) is 5.09. The zero-order valence-electron chi connectivity index (χ0n) is 10.1. The van der Waals surface area contributed by atoms with E-state index in [0.29, 0.717) is 11.8 Å². The van der Waals surface area contributed by atoms with Crippen LogP contribution in [0.25, 0.3) is 0 Å². The Morgan fingerprint density at radius 2 is 1.62 bits per heavy atom. The molecule has 0 aliphatic carbocycles. The topological polar surface area (TPSA) is 12.0 Å². The number of alkyl halides is 2. The molecule has 1 rings (SSSR count). The summed E-state index contributed by atoms with van der Waals surface area (Å²) in [6.07, 6.45) is 0. The highest BCUT2D eigenvalue weighted by Gasteiger charge is 2.21. The number of halogens is 2. The van der Waals surface area contributed by atoms with E-state index in [1.54, 1.807) is 0 Å². The van der Waals surface area contributed by atoms with Crippen molar-refractivity contribution in [3.63, 3.8) is 0 Å². The van der Waals surface area contributed by atoms with E-state index in [-0.39, 0.29) is 5.54 Å². The summed E-state index contributed by atoms with van der Waals surface area (Å²) < 4.78 is 0. The van der Waals surface area contributed by atoms with Gasteiger partial charge in [-0.15, -0.1) is 23.2 Å². The van der Waals surface area contributed by atoms with Crippen LogP contribution in [0.5, 0.6) is 0 Å². The molecule has 0 saturated heterocycles. The van der Waals surface area contributed by atoms with Gasteiger partial charge in [0.05, 0.1) is 0 Å². The summed E-state index contributed by atoms with van der Waals surface area (Å²) in [6, 6.07) is 6.34. The molecule has 0 unspecified atom stereocenters. The average molecular weight is 260 g/mol. The molecular weight excluding hydrogens is 241 g/mol. The molecule has 1 N–H and O–H groups in total. The first-order valence-corrected chi connectivity index (χ1v) is 6.51. The highest BCUT2D eigenvalue weighted by molar-refractivity contribution is 6.22. The molecule has 1 aromatic rings. The van der Waals surface area contributed by atoms with Gasteiger partial charge in [-0.05, 0) is 37.5 Å². The molecule has 0 saturated carbocycles. The number of nitrogens with one attached hydrogen (secondary N) is 1. The smallest absolute Gasteiger partial charge is 0.0427 e. The number of aryl methyl sites for hydroxylation is 2. The summed E-state index contributed by atoms with van der Waals surface area (Å²) in [7, 11) is 0. The first-order chi connectivity index (χ1) is 7.52. The van der Waals surface area contributed by atoms with Gasteiger partial charge in [-0.1, -0.05) is 18.2 Å². The van der Waals surface area contributed by atoms with Crippen molar-refractivity contribution in [2.75, 3.05) is 11.8 Å².